The first-order valence-electron chi connectivity index (χ1n) is 9.96. The summed E-state index contributed by atoms with van der Waals surface area (Å²) in [6.07, 6.45) is 5.51. The third-order valence-corrected chi connectivity index (χ3v) is 4.75. The maximum atomic E-state index is 5.75. The molecule has 28 heavy (non-hydrogen) atoms. The van der Waals surface area contributed by atoms with Crippen LogP contribution in [0.1, 0.15) is 12.0 Å². The summed E-state index contributed by atoms with van der Waals surface area (Å²) in [5.41, 5.74) is 1.32. The van der Waals surface area contributed by atoms with Gasteiger partial charge in [0.25, 0.3) is 0 Å². The molecule has 1 aromatic heterocycles. The number of ether oxygens (including phenoxy) is 1. The Morgan fingerprint density at radius 1 is 1.04 bits per heavy atom. The number of aromatic nitrogens is 2. The highest BCUT2D eigenvalue weighted by Gasteiger charge is 2.20. The van der Waals surface area contributed by atoms with Crippen molar-refractivity contribution in [3.63, 3.8) is 0 Å². The molecule has 1 saturated heterocycles. The van der Waals surface area contributed by atoms with E-state index in [4.69, 9.17) is 4.74 Å². The van der Waals surface area contributed by atoms with Crippen LogP contribution in [0.25, 0.3) is 0 Å². The fourth-order valence-electron chi connectivity index (χ4n) is 3.22. The van der Waals surface area contributed by atoms with Crippen LogP contribution < -0.4 is 10.2 Å². The first kappa shape index (κ1) is 20.1. The van der Waals surface area contributed by atoms with Crippen LogP contribution >= 0.6 is 0 Å². The van der Waals surface area contributed by atoms with E-state index >= 15 is 0 Å². The Morgan fingerprint density at radius 2 is 1.79 bits per heavy atom. The fourth-order valence-corrected chi connectivity index (χ4v) is 3.22. The van der Waals surface area contributed by atoms with E-state index in [2.05, 4.69) is 54.3 Å². The number of anilines is 1. The molecule has 7 heteroatoms. The van der Waals surface area contributed by atoms with Crippen molar-refractivity contribution in [3.05, 3.63) is 54.4 Å². The number of piperazine rings is 1. The van der Waals surface area contributed by atoms with Crippen LogP contribution in [0.3, 0.4) is 0 Å². The summed E-state index contributed by atoms with van der Waals surface area (Å²) in [5.74, 6) is 1.76. The lowest BCUT2D eigenvalue weighted by Gasteiger charge is -2.36. The fraction of sp³-hybridized carbons (Fsp3) is 0.476. The molecule has 1 aliphatic heterocycles. The van der Waals surface area contributed by atoms with Gasteiger partial charge in [0.15, 0.2) is 5.96 Å². The topological polar surface area (TPSA) is 65.9 Å². The minimum absolute atomic E-state index is 0.760. The number of hydrogen-bond donors (Lipinski definition) is 1. The maximum absolute atomic E-state index is 5.75. The molecule has 0 bridgehead atoms. The van der Waals surface area contributed by atoms with Crippen molar-refractivity contribution < 1.29 is 4.74 Å². The lowest BCUT2D eigenvalue weighted by Crippen LogP contribution is -2.53. The highest BCUT2D eigenvalue weighted by atomic mass is 16.5. The first-order chi connectivity index (χ1) is 13.9. The van der Waals surface area contributed by atoms with Gasteiger partial charge in [0, 0.05) is 58.8 Å². The van der Waals surface area contributed by atoms with Gasteiger partial charge in [0.1, 0.15) is 0 Å². The zero-order valence-corrected chi connectivity index (χ0v) is 16.6. The minimum atomic E-state index is 0.760. The molecule has 3 rings (SSSR count). The SMILES string of the molecule is CN=C(NCCCOCCc1ccccc1)N1CCN(c2ncccn2)CC1. The first-order valence-corrected chi connectivity index (χ1v) is 9.96. The van der Waals surface area contributed by atoms with Gasteiger partial charge in [0.2, 0.25) is 5.95 Å². The molecule has 0 unspecified atom stereocenters. The van der Waals surface area contributed by atoms with Gasteiger partial charge in [-0.1, -0.05) is 30.3 Å². The lowest BCUT2D eigenvalue weighted by atomic mass is 10.2. The van der Waals surface area contributed by atoms with Crippen LogP contribution in [0.4, 0.5) is 5.95 Å². The highest BCUT2D eigenvalue weighted by Crippen LogP contribution is 2.09. The van der Waals surface area contributed by atoms with E-state index in [9.17, 15) is 0 Å². The largest absolute Gasteiger partial charge is 0.381 e. The van der Waals surface area contributed by atoms with E-state index in [0.717, 1.165) is 70.7 Å². The van der Waals surface area contributed by atoms with Crippen LogP contribution in [-0.2, 0) is 11.2 Å². The van der Waals surface area contributed by atoms with E-state index in [1.54, 1.807) is 12.4 Å². The van der Waals surface area contributed by atoms with Crippen LogP contribution in [0.2, 0.25) is 0 Å². The predicted molar refractivity (Wildman–Crippen MR) is 113 cm³/mol. The zero-order chi connectivity index (χ0) is 19.4. The number of guanidine groups is 1. The zero-order valence-electron chi connectivity index (χ0n) is 16.6. The van der Waals surface area contributed by atoms with E-state index in [0.29, 0.717) is 0 Å². The molecular weight excluding hydrogens is 352 g/mol. The Hall–Kier alpha value is -2.67. The molecule has 1 aliphatic rings. The van der Waals surface area contributed by atoms with E-state index in [1.807, 2.05) is 19.2 Å². The molecule has 2 heterocycles. The summed E-state index contributed by atoms with van der Waals surface area (Å²) >= 11 is 0. The Labute approximate surface area is 167 Å². The van der Waals surface area contributed by atoms with Gasteiger partial charge in [0.05, 0.1) is 6.61 Å². The van der Waals surface area contributed by atoms with Crippen molar-refractivity contribution >= 4 is 11.9 Å². The molecule has 150 valence electrons. The smallest absolute Gasteiger partial charge is 0.225 e. The minimum Gasteiger partial charge on any atom is -0.381 e. The molecule has 7 nitrogen and oxygen atoms in total. The van der Waals surface area contributed by atoms with Crippen molar-refractivity contribution in [3.8, 4) is 0 Å². The molecule has 1 N–H and O–H groups in total. The molecule has 0 aliphatic carbocycles. The molecule has 0 spiro atoms. The Morgan fingerprint density at radius 3 is 2.50 bits per heavy atom. The van der Waals surface area contributed by atoms with E-state index in [-0.39, 0.29) is 0 Å². The number of aliphatic imine (C=N–C) groups is 1. The van der Waals surface area contributed by atoms with Crippen LogP contribution in [0, 0.1) is 0 Å². The molecule has 1 fully saturated rings. The summed E-state index contributed by atoms with van der Waals surface area (Å²) in [7, 11) is 1.84. The second kappa shape index (κ2) is 11.2. The Kier molecular flexibility index (Phi) is 8.06. The normalized spacial score (nSPS) is 15.0. The van der Waals surface area contributed by atoms with Crippen molar-refractivity contribution in [2.45, 2.75) is 12.8 Å². The third-order valence-electron chi connectivity index (χ3n) is 4.75. The predicted octanol–water partition coefficient (Wildman–Crippen LogP) is 1.82. The highest BCUT2D eigenvalue weighted by molar-refractivity contribution is 5.80. The number of rotatable bonds is 8. The molecule has 0 radical (unpaired) electrons. The average Bonchev–Trinajstić information content (AvgIpc) is 2.77. The standard InChI is InChI=1S/C21H30N6O/c1-22-20(23-12-6-17-28-18-9-19-7-3-2-4-8-19)26-13-15-27(16-14-26)21-24-10-5-11-25-21/h2-5,7-8,10-11H,6,9,12-18H2,1H3,(H,22,23). The van der Waals surface area contributed by atoms with Gasteiger partial charge in [-0.15, -0.1) is 0 Å². The summed E-state index contributed by atoms with van der Waals surface area (Å²) in [6.45, 7) is 6.00. The second-order valence-electron chi connectivity index (χ2n) is 6.70. The number of benzene rings is 1. The molecular formula is C21H30N6O. The third kappa shape index (κ3) is 6.20. The summed E-state index contributed by atoms with van der Waals surface area (Å²) in [4.78, 5) is 17.6. The van der Waals surface area contributed by atoms with Gasteiger partial charge < -0.3 is 19.9 Å². The van der Waals surface area contributed by atoms with Crippen molar-refractivity contribution in [1.29, 1.82) is 0 Å². The Balaban J connectivity index is 1.29. The van der Waals surface area contributed by atoms with Gasteiger partial charge in [-0.05, 0) is 24.5 Å². The number of hydrogen-bond acceptors (Lipinski definition) is 5. The van der Waals surface area contributed by atoms with Crippen LogP contribution in [-0.4, -0.2) is 73.8 Å². The second-order valence-corrected chi connectivity index (χ2v) is 6.70. The van der Waals surface area contributed by atoms with Crippen LogP contribution in [0.5, 0.6) is 0 Å². The van der Waals surface area contributed by atoms with Gasteiger partial charge in [-0.25, -0.2) is 9.97 Å². The molecule has 0 atom stereocenters. The number of nitrogens with one attached hydrogen (secondary N) is 1. The monoisotopic (exact) mass is 382 g/mol. The molecule has 0 saturated carbocycles. The average molecular weight is 383 g/mol. The maximum Gasteiger partial charge on any atom is 0.225 e. The van der Waals surface area contributed by atoms with E-state index in [1.165, 1.54) is 5.56 Å². The van der Waals surface area contributed by atoms with Gasteiger partial charge >= 0.3 is 0 Å². The Bertz CT molecular complexity index is 701. The van der Waals surface area contributed by atoms with Gasteiger partial charge in [-0.3, -0.25) is 4.99 Å². The molecule has 1 aromatic carbocycles. The van der Waals surface area contributed by atoms with Crippen molar-refractivity contribution in [1.82, 2.24) is 20.2 Å². The lowest BCUT2D eigenvalue weighted by molar-refractivity contribution is 0.135. The summed E-state index contributed by atoms with van der Waals surface area (Å²) in [5, 5.41) is 3.45. The summed E-state index contributed by atoms with van der Waals surface area (Å²) in [6, 6.07) is 12.3. The summed E-state index contributed by atoms with van der Waals surface area (Å²) < 4.78 is 5.75. The van der Waals surface area contributed by atoms with Crippen LogP contribution in [0.15, 0.2) is 53.8 Å². The van der Waals surface area contributed by atoms with Gasteiger partial charge in [-0.2, -0.15) is 0 Å². The quantitative estimate of drug-likeness (QED) is 0.427. The van der Waals surface area contributed by atoms with Crippen molar-refractivity contribution in [2.75, 3.05) is 57.9 Å². The number of nitrogens with zero attached hydrogens (tertiary/aromatic N) is 5. The molecule has 0 amide bonds. The molecule has 2 aromatic rings. The van der Waals surface area contributed by atoms with E-state index < -0.39 is 0 Å². The van der Waals surface area contributed by atoms with Crippen molar-refractivity contribution in [2.24, 2.45) is 4.99 Å².